The summed E-state index contributed by atoms with van der Waals surface area (Å²) >= 11 is 0. The lowest BCUT2D eigenvalue weighted by Crippen LogP contribution is -2.44. The van der Waals surface area contributed by atoms with E-state index in [0.717, 1.165) is 5.56 Å². The van der Waals surface area contributed by atoms with Crippen molar-refractivity contribution in [2.75, 3.05) is 25.0 Å². The molecule has 2 aromatic heterocycles. The number of H-pyrrole nitrogens is 1. The van der Waals surface area contributed by atoms with Gasteiger partial charge in [0.2, 0.25) is 11.9 Å². The molecule has 1 aliphatic rings. The third-order valence-corrected chi connectivity index (χ3v) is 4.45. The summed E-state index contributed by atoms with van der Waals surface area (Å²) in [5.41, 5.74) is 0.839. The molecule has 4 N–H and O–H groups in total. The topological polar surface area (TPSA) is 134 Å². The zero-order chi connectivity index (χ0) is 19.5. The second-order valence-electron chi connectivity index (χ2n) is 6.50. The molecule has 0 unspecified atom stereocenters. The van der Waals surface area contributed by atoms with Gasteiger partial charge in [0, 0.05) is 13.1 Å². The maximum Gasteiger partial charge on any atom is 0.280 e. The minimum atomic E-state index is -0.474. The van der Waals surface area contributed by atoms with Crippen LogP contribution < -0.4 is 16.2 Å². The van der Waals surface area contributed by atoms with Crippen LogP contribution in [0.5, 0.6) is 0 Å². The summed E-state index contributed by atoms with van der Waals surface area (Å²) < 4.78 is 7.42. The van der Waals surface area contributed by atoms with Gasteiger partial charge < -0.3 is 15.2 Å². The predicted molar refractivity (Wildman–Crippen MR) is 101 cm³/mol. The van der Waals surface area contributed by atoms with Gasteiger partial charge in [0.25, 0.3) is 5.56 Å². The summed E-state index contributed by atoms with van der Waals surface area (Å²) in [7, 11) is 0. The lowest BCUT2D eigenvalue weighted by atomic mass is 10.1. The average molecular weight is 384 g/mol. The van der Waals surface area contributed by atoms with Crippen molar-refractivity contribution in [2.24, 2.45) is 0 Å². The Balaban J connectivity index is 1.58. The number of morpholine rings is 1. The van der Waals surface area contributed by atoms with E-state index in [1.807, 2.05) is 30.3 Å². The molecule has 1 amide bonds. The molecule has 146 valence electrons. The van der Waals surface area contributed by atoms with Crippen molar-refractivity contribution >= 4 is 23.0 Å². The largest absolute Gasteiger partial charge is 0.394 e. The van der Waals surface area contributed by atoms with E-state index in [1.54, 1.807) is 4.57 Å². The molecule has 0 radical (unpaired) electrons. The number of aromatic nitrogens is 4. The minimum Gasteiger partial charge on any atom is -0.394 e. The molecule has 0 spiro atoms. The van der Waals surface area contributed by atoms with Crippen LogP contribution in [0.2, 0.25) is 0 Å². The highest BCUT2D eigenvalue weighted by Gasteiger charge is 2.25. The Kier molecular flexibility index (Phi) is 5.15. The van der Waals surface area contributed by atoms with Gasteiger partial charge in [0.15, 0.2) is 11.2 Å². The molecular formula is C18H20N6O4. The van der Waals surface area contributed by atoms with Gasteiger partial charge in [0.05, 0.1) is 25.5 Å². The third-order valence-electron chi connectivity index (χ3n) is 4.45. The number of aliphatic hydroxyl groups excluding tert-OH is 1. The van der Waals surface area contributed by atoms with Crippen LogP contribution in [0.15, 0.2) is 41.5 Å². The van der Waals surface area contributed by atoms with Crippen molar-refractivity contribution in [1.82, 2.24) is 24.8 Å². The number of nitrogens with one attached hydrogen (secondary N) is 3. The van der Waals surface area contributed by atoms with Crippen LogP contribution in [0, 0.1) is 0 Å². The zero-order valence-corrected chi connectivity index (χ0v) is 15.0. The Bertz CT molecular complexity index is 1030. The highest BCUT2D eigenvalue weighted by molar-refractivity contribution is 5.91. The number of ether oxygens (including phenoxy) is 1. The quantitative estimate of drug-likeness (QED) is 0.478. The van der Waals surface area contributed by atoms with Crippen LogP contribution in [-0.2, 0) is 16.0 Å². The van der Waals surface area contributed by atoms with Crippen molar-refractivity contribution in [3.05, 3.63) is 52.6 Å². The maximum absolute atomic E-state index is 12.3. The van der Waals surface area contributed by atoms with Crippen LogP contribution in [0.25, 0.3) is 11.2 Å². The number of aromatic amines is 1. The van der Waals surface area contributed by atoms with E-state index in [1.165, 1.54) is 6.33 Å². The van der Waals surface area contributed by atoms with Gasteiger partial charge in [-0.3, -0.25) is 24.5 Å². The van der Waals surface area contributed by atoms with Crippen molar-refractivity contribution in [3.63, 3.8) is 0 Å². The fourth-order valence-electron chi connectivity index (χ4n) is 3.11. The molecule has 0 bridgehead atoms. The molecule has 3 heterocycles. The summed E-state index contributed by atoms with van der Waals surface area (Å²) in [4.78, 5) is 35.6. The molecule has 3 aromatic rings. The van der Waals surface area contributed by atoms with E-state index >= 15 is 0 Å². The number of aliphatic hydroxyl groups is 1. The predicted octanol–water partition coefficient (Wildman–Crippen LogP) is -0.220. The third kappa shape index (κ3) is 3.79. The first-order valence-corrected chi connectivity index (χ1v) is 8.91. The summed E-state index contributed by atoms with van der Waals surface area (Å²) in [6, 6.07) is 9.27. The van der Waals surface area contributed by atoms with Gasteiger partial charge in [-0.1, -0.05) is 30.3 Å². The van der Waals surface area contributed by atoms with Crippen molar-refractivity contribution in [1.29, 1.82) is 0 Å². The van der Waals surface area contributed by atoms with Gasteiger partial charge in [-0.05, 0) is 5.56 Å². The van der Waals surface area contributed by atoms with Gasteiger partial charge in [-0.25, -0.2) is 4.98 Å². The van der Waals surface area contributed by atoms with Crippen molar-refractivity contribution in [2.45, 2.75) is 18.8 Å². The number of imidazole rings is 1. The van der Waals surface area contributed by atoms with E-state index in [2.05, 4.69) is 25.6 Å². The second kappa shape index (κ2) is 7.89. The Morgan fingerprint density at radius 2 is 2.14 bits per heavy atom. The Labute approximate surface area is 159 Å². The molecule has 1 fully saturated rings. The monoisotopic (exact) mass is 384 g/mol. The average Bonchev–Trinajstić information content (AvgIpc) is 3.13. The number of nitrogens with zero attached hydrogens (tertiary/aromatic N) is 3. The Morgan fingerprint density at radius 3 is 2.93 bits per heavy atom. The lowest BCUT2D eigenvalue weighted by molar-refractivity contribution is -0.115. The standard InChI is InChI=1S/C18H20N6O4/c25-9-12-7-19-8-14(28-12)24-10-20-15-16(24)22-18(23-17(15)27)21-13(26)6-11-4-2-1-3-5-11/h1-5,10,12,14,19,25H,6-9H2,(H2,21,22,23,26,27)/t12-,14+/m0/s1. The van der Waals surface area contributed by atoms with Crippen LogP contribution in [0.3, 0.4) is 0 Å². The maximum atomic E-state index is 12.3. The van der Waals surface area contributed by atoms with Crippen molar-refractivity contribution < 1.29 is 14.6 Å². The molecular weight excluding hydrogens is 364 g/mol. The van der Waals surface area contributed by atoms with Gasteiger partial charge in [-0.2, -0.15) is 4.98 Å². The second-order valence-corrected chi connectivity index (χ2v) is 6.50. The number of carbonyl (C=O) groups excluding carboxylic acids is 1. The van der Waals surface area contributed by atoms with Crippen LogP contribution >= 0.6 is 0 Å². The SMILES string of the molecule is O=C(Cc1ccccc1)Nc1nc2c(ncn2[C@H]2CNC[C@@H](CO)O2)c(=O)[nH]1. The Hall–Kier alpha value is -3.08. The van der Waals surface area contributed by atoms with Gasteiger partial charge in [-0.15, -0.1) is 0 Å². The number of hydrogen-bond donors (Lipinski definition) is 4. The molecule has 10 heteroatoms. The number of amides is 1. The number of rotatable bonds is 5. The van der Waals surface area contributed by atoms with Crippen molar-refractivity contribution in [3.8, 4) is 0 Å². The van der Waals surface area contributed by atoms with Crippen LogP contribution in [0.1, 0.15) is 11.8 Å². The molecule has 1 aliphatic heterocycles. The van der Waals surface area contributed by atoms with Gasteiger partial charge in [0.1, 0.15) is 6.23 Å². The molecule has 28 heavy (non-hydrogen) atoms. The Morgan fingerprint density at radius 1 is 1.32 bits per heavy atom. The number of benzene rings is 1. The summed E-state index contributed by atoms with van der Waals surface area (Å²) in [5.74, 6) is -0.252. The number of anilines is 1. The highest BCUT2D eigenvalue weighted by atomic mass is 16.5. The number of carbonyl (C=O) groups is 1. The molecule has 0 saturated carbocycles. The fourth-order valence-corrected chi connectivity index (χ4v) is 3.11. The fraction of sp³-hybridized carbons (Fsp3) is 0.333. The number of hydrogen-bond acceptors (Lipinski definition) is 7. The smallest absolute Gasteiger partial charge is 0.280 e. The molecule has 0 aliphatic carbocycles. The van der Waals surface area contributed by atoms with E-state index in [9.17, 15) is 14.7 Å². The number of fused-ring (bicyclic) bond motifs is 1. The van der Waals surface area contributed by atoms with E-state index < -0.39 is 11.8 Å². The summed E-state index contributed by atoms with van der Waals surface area (Å²) in [6.07, 6.45) is 0.797. The van der Waals surface area contributed by atoms with E-state index in [0.29, 0.717) is 18.7 Å². The molecule has 1 aromatic carbocycles. The minimum absolute atomic E-state index is 0.0441. The summed E-state index contributed by atoms with van der Waals surface area (Å²) in [5, 5.41) is 15.1. The molecule has 10 nitrogen and oxygen atoms in total. The first-order valence-electron chi connectivity index (χ1n) is 8.91. The lowest BCUT2D eigenvalue weighted by Gasteiger charge is -2.30. The summed E-state index contributed by atoms with van der Waals surface area (Å²) in [6.45, 7) is 0.894. The van der Waals surface area contributed by atoms with Crippen LogP contribution in [-0.4, -0.2) is 56.3 Å². The first kappa shape index (κ1) is 18.3. The van der Waals surface area contributed by atoms with E-state index in [4.69, 9.17) is 4.74 Å². The normalized spacial score (nSPS) is 19.6. The van der Waals surface area contributed by atoms with Gasteiger partial charge >= 0.3 is 0 Å². The first-order chi connectivity index (χ1) is 13.6. The van der Waals surface area contributed by atoms with Crippen LogP contribution in [0.4, 0.5) is 5.95 Å². The molecule has 1 saturated heterocycles. The molecule has 2 atom stereocenters. The van der Waals surface area contributed by atoms with E-state index in [-0.39, 0.29) is 36.5 Å². The molecule has 4 rings (SSSR count). The zero-order valence-electron chi connectivity index (χ0n) is 15.0. The highest BCUT2D eigenvalue weighted by Crippen LogP contribution is 2.19.